The molecule has 1 rings (SSSR count). The van der Waals surface area contributed by atoms with Crippen LogP contribution in [0.3, 0.4) is 0 Å². The fraction of sp³-hybridized carbons (Fsp3) is 0.100. The summed E-state index contributed by atoms with van der Waals surface area (Å²) in [5.74, 6) is 0.337. The number of benzene rings is 1. The van der Waals surface area contributed by atoms with Crippen LogP contribution >= 0.6 is 15.9 Å². The molecule has 3 nitrogen and oxygen atoms in total. The first-order chi connectivity index (χ1) is 6.69. The Kier molecular flexibility index (Phi) is 3.71. The van der Waals surface area contributed by atoms with Crippen molar-refractivity contribution in [2.45, 2.75) is 0 Å². The Bertz CT molecular complexity index is 363. The summed E-state index contributed by atoms with van der Waals surface area (Å²) >= 11 is 3.32. The minimum atomic E-state index is -0.263. The van der Waals surface area contributed by atoms with Gasteiger partial charge in [-0.25, -0.2) is 0 Å². The van der Waals surface area contributed by atoms with Crippen LogP contribution in [0.1, 0.15) is 0 Å². The van der Waals surface area contributed by atoms with Gasteiger partial charge in [-0.2, -0.15) is 0 Å². The number of carbonyl (C=O) groups is 1. The standard InChI is InChI=1S/C10H10BrNO2/c1-3-9(13)12-8-6-4-5-7(11)10(8)14-2/h3-6H,1H2,2H3,(H,12,13). The summed E-state index contributed by atoms with van der Waals surface area (Å²) in [5.41, 5.74) is 0.617. The smallest absolute Gasteiger partial charge is 0.247 e. The normalized spacial score (nSPS) is 9.29. The van der Waals surface area contributed by atoms with Crippen molar-refractivity contribution >= 4 is 27.5 Å². The third-order valence-electron chi connectivity index (χ3n) is 1.61. The minimum absolute atomic E-state index is 0.263. The number of methoxy groups -OCH3 is 1. The van der Waals surface area contributed by atoms with Crippen molar-refractivity contribution < 1.29 is 9.53 Å². The van der Waals surface area contributed by atoms with E-state index in [1.165, 1.54) is 6.08 Å². The monoisotopic (exact) mass is 255 g/mol. The summed E-state index contributed by atoms with van der Waals surface area (Å²) in [6.07, 6.45) is 1.21. The van der Waals surface area contributed by atoms with E-state index in [1.54, 1.807) is 13.2 Å². The lowest BCUT2D eigenvalue weighted by molar-refractivity contribution is -0.111. The second kappa shape index (κ2) is 4.81. The Labute approximate surface area is 90.9 Å². The molecule has 0 saturated heterocycles. The van der Waals surface area contributed by atoms with Crippen LogP contribution in [0, 0.1) is 0 Å². The van der Waals surface area contributed by atoms with E-state index < -0.39 is 0 Å². The van der Waals surface area contributed by atoms with E-state index in [2.05, 4.69) is 27.8 Å². The van der Waals surface area contributed by atoms with E-state index in [9.17, 15) is 4.79 Å². The van der Waals surface area contributed by atoms with E-state index in [0.717, 1.165) is 4.47 Å². The average Bonchev–Trinajstić information content (AvgIpc) is 2.18. The number of para-hydroxylation sites is 1. The van der Waals surface area contributed by atoms with Gasteiger partial charge in [0.2, 0.25) is 5.91 Å². The van der Waals surface area contributed by atoms with Gasteiger partial charge in [0.1, 0.15) is 0 Å². The number of nitrogens with one attached hydrogen (secondary N) is 1. The molecule has 4 heteroatoms. The first-order valence-electron chi connectivity index (χ1n) is 3.95. The van der Waals surface area contributed by atoms with Crippen LogP contribution in [0.15, 0.2) is 35.3 Å². The van der Waals surface area contributed by atoms with E-state index in [0.29, 0.717) is 11.4 Å². The van der Waals surface area contributed by atoms with Gasteiger partial charge in [-0.1, -0.05) is 12.6 Å². The highest BCUT2D eigenvalue weighted by molar-refractivity contribution is 9.10. The maximum absolute atomic E-state index is 11.1. The van der Waals surface area contributed by atoms with Gasteiger partial charge in [-0.3, -0.25) is 4.79 Å². The van der Waals surface area contributed by atoms with E-state index >= 15 is 0 Å². The quantitative estimate of drug-likeness (QED) is 0.844. The van der Waals surface area contributed by atoms with Crippen molar-refractivity contribution in [3.05, 3.63) is 35.3 Å². The molecule has 0 heterocycles. The molecular weight excluding hydrogens is 246 g/mol. The molecule has 0 atom stereocenters. The highest BCUT2D eigenvalue weighted by Crippen LogP contribution is 2.32. The lowest BCUT2D eigenvalue weighted by atomic mass is 10.3. The molecule has 74 valence electrons. The summed E-state index contributed by atoms with van der Waals surface area (Å²) in [6, 6.07) is 5.40. The Morgan fingerprint density at radius 3 is 2.93 bits per heavy atom. The number of halogens is 1. The summed E-state index contributed by atoms with van der Waals surface area (Å²) in [6.45, 7) is 3.37. The molecule has 0 aromatic heterocycles. The SMILES string of the molecule is C=CC(=O)Nc1cccc(Br)c1OC. The second-order valence-electron chi connectivity index (χ2n) is 2.51. The van der Waals surface area contributed by atoms with E-state index in [1.807, 2.05) is 12.1 Å². The van der Waals surface area contributed by atoms with Gasteiger partial charge in [-0.05, 0) is 34.1 Å². The molecule has 1 N–H and O–H groups in total. The Morgan fingerprint density at radius 2 is 2.36 bits per heavy atom. The summed E-state index contributed by atoms with van der Waals surface area (Å²) in [7, 11) is 1.55. The molecular formula is C10H10BrNO2. The van der Waals surface area contributed by atoms with E-state index in [4.69, 9.17) is 4.74 Å². The van der Waals surface area contributed by atoms with Crippen LogP contribution in [-0.2, 0) is 4.79 Å². The van der Waals surface area contributed by atoms with Crippen LogP contribution in [0.5, 0.6) is 5.75 Å². The molecule has 1 aromatic rings. The zero-order valence-electron chi connectivity index (χ0n) is 7.71. The van der Waals surface area contributed by atoms with Gasteiger partial charge < -0.3 is 10.1 Å². The largest absolute Gasteiger partial charge is 0.493 e. The molecule has 0 bridgehead atoms. The summed E-state index contributed by atoms with van der Waals surface area (Å²) in [5, 5.41) is 2.64. The van der Waals surface area contributed by atoms with Crippen LogP contribution in [-0.4, -0.2) is 13.0 Å². The lowest BCUT2D eigenvalue weighted by Crippen LogP contribution is -2.08. The van der Waals surface area contributed by atoms with E-state index in [-0.39, 0.29) is 5.91 Å². The Hall–Kier alpha value is -1.29. The fourth-order valence-electron chi connectivity index (χ4n) is 0.998. The molecule has 1 aromatic carbocycles. The van der Waals surface area contributed by atoms with Crippen molar-refractivity contribution in [3.63, 3.8) is 0 Å². The number of hydrogen-bond donors (Lipinski definition) is 1. The van der Waals surface area contributed by atoms with Gasteiger partial charge in [0.05, 0.1) is 17.3 Å². The van der Waals surface area contributed by atoms with Crippen molar-refractivity contribution in [2.75, 3.05) is 12.4 Å². The van der Waals surface area contributed by atoms with Crippen molar-refractivity contribution in [1.82, 2.24) is 0 Å². The van der Waals surface area contributed by atoms with Crippen molar-refractivity contribution in [2.24, 2.45) is 0 Å². The summed E-state index contributed by atoms with van der Waals surface area (Å²) in [4.78, 5) is 11.1. The first-order valence-corrected chi connectivity index (χ1v) is 4.74. The van der Waals surface area contributed by atoms with Crippen molar-refractivity contribution in [3.8, 4) is 5.75 Å². The number of anilines is 1. The predicted octanol–water partition coefficient (Wildman–Crippen LogP) is 2.58. The minimum Gasteiger partial charge on any atom is -0.493 e. The third-order valence-corrected chi connectivity index (χ3v) is 2.24. The highest BCUT2D eigenvalue weighted by atomic mass is 79.9. The molecule has 0 fully saturated rings. The molecule has 0 spiro atoms. The number of amides is 1. The van der Waals surface area contributed by atoms with Gasteiger partial charge in [0, 0.05) is 0 Å². The maximum atomic E-state index is 11.1. The number of hydrogen-bond acceptors (Lipinski definition) is 2. The molecule has 0 unspecified atom stereocenters. The van der Waals surface area contributed by atoms with Gasteiger partial charge in [0.25, 0.3) is 0 Å². The zero-order valence-corrected chi connectivity index (χ0v) is 9.30. The number of carbonyl (C=O) groups excluding carboxylic acids is 1. The molecule has 0 aliphatic heterocycles. The Balaban J connectivity index is 3.01. The predicted molar refractivity (Wildman–Crippen MR) is 59.5 cm³/mol. The highest BCUT2D eigenvalue weighted by Gasteiger charge is 2.07. The zero-order chi connectivity index (χ0) is 10.6. The molecule has 1 amide bonds. The maximum Gasteiger partial charge on any atom is 0.247 e. The Morgan fingerprint density at radius 1 is 1.64 bits per heavy atom. The summed E-state index contributed by atoms with van der Waals surface area (Å²) < 4.78 is 5.92. The van der Waals surface area contributed by atoms with Crippen LogP contribution in [0.25, 0.3) is 0 Å². The lowest BCUT2D eigenvalue weighted by Gasteiger charge is -2.09. The van der Waals surface area contributed by atoms with Gasteiger partial charge >= 0.3 is 0 Å². The van der Waals surface area contributed by atoms with Gasteiger partial charge in [-0.15, -0.1) is 0 Å². The first kappa shape index (κ1) is 10.8. The molecule has 0 aliphatic carbocycles. The number of ether oxygens (including phenoxy) is 1. The van der Waals surface area contributed by atoms with Crippen molar-refractivity contribution in [1.29, 1.82) is 0 Å². The second-order valence-corrected chi connectivity index (χ2v) is 3.37. The average molecular weight is 256 g/mol. The molecule has 14 heavy (non-hydrogen) atoms. The number of rotatable bonds is 3. The molecule has 0 radical (unpaired) electrons. The topological polar surface area (TPSA) is 38.3 Å². The molecule has 0 aliphatic rings. The third kappa shape index (κ3) is 2.35. The van der Waals surface area contributed by atoms with Gasteiger partial charge in [0.15, 0.2) is 5.75 Å². The molecule has 0 saturated carbocycles. The fourth-order valence-corrected chi connectivity index (χ4v) is 1.53. The van der Waals surface area contributed by atoms with Crippen LogP contribution in [0.2, 0.25) is 0 Å². The van der Waals surface area contributed by atoms with Crippen LogP contribution in [0.4, 0.5) is 5.69 Å². The van der Waals surface area contributed by atoms with Crippen LogP contribution < -0.4 is 10.1 Å².